The smallest absolute Gasteiger partial charge is 0.326 e. The molecule has 0 bridgehead atoms. The summed E-state index contributed by atoms with van der Waals surface area (Å²) in [7, 11) is 0. The molecule has 18 nitrogen and oxygen atoms in total. The molecule has 248 valence electrons. The molecular formula is C26H41N5O13. The van der Waals surface area contributed by atoms with E-state index in [4.69, 9.17) is 5.11 Å². The van der Waals surface area contributed by atoms with E-state index in [1.165, 1.54) is 0 Å². The number of unbranched alkanes of at least 4 members (excludes halogenated alkanes) is 1. The topological polar surface area (TPSA) is 295 Å². The Bertz CT molecular complexity index is 1060. The highest BCUT2D eigenvalue weighted by Crippen LogP contribution is 2.06. The van der Waals surface area contributed by atoms with Crippen LogP contribution in [0.4, 0.5) is 0 Å². The maximum absolute atomic E-state index is 12.3. The van der Waals surface area contributed by atoms with Gasteiger partial charge in [-0.1, -0.05) is 13.3 Å². The fourth-order valence-corrected chi connectivity index (χ4v) is 3.67. The average Bonchev–Trinajstić information content (AvgIpc) is 2.92. The highest BCUT2D eigenvalue weighted by molar-refractivity contribution is 5.88. The number of amides is 5. The zero-order valence-electron chi connectivity index (χ0n) is 24.6. The molecule has 0 aromatic rings. The van der Waals surface area contributed by atoms with Crippen LogP contribution < -0.4 is 26.6 Å². The number of carboxylic acid groups (broad SMARTS) is 4. The van der Waals surface area contributed by atoms with Crippen LogP contribution in [-0.4, -0.2) is 105 Å². The summed E-state index contributed by atoms with van der Waals surface area (Å²) < 4.78 is 0. The lowest BCUT2D eigenvalue weighted by Crippen LogP contribution is -2.45. The molecule has 0 fully saturated rings. The summed E-state index contributed by atoms with van der Waals surface area (Å²) in [6, 6.07) is -5.94. The van der Waals surface area contributed by atoms with Crippen molar-refractivity contribution < 1.29 is 63.6 Å². The molecule has 18 heteroatoms. The normalized spacial score (nSPS) is 13.2. The molecule has 2 unspecified atom stereocenters. The van der Waals surface area contributed by atoms with Gasteiger partial charge >= 0.3 is 23.9 Å². The monoisotopic (exact) mass is 631 g/mol. The second-order valence-corrected chi connectivity index (χ2v) is 9.82. The van der Waals surface area contributed by atoms with Crippen molar-refractivity contribution in [2.75, 3.05) is 6.54 Å². The van der Waals surface area contributed by atoms with Crippen LogP contribution in [0.15, 0.2) is 0 Å². The lowest BCUT2D eigenvalue weighted by Gasteiger charge is -2.18. The molecule has 4 atom stereocenters. The van der Waals surface area contributed by atoms with Gasteiger partial charge in [-0.15, -0.1) is 0 Å². The lowest BCUT2D eigenvalue weighted by molar-refractivity contribution is -0.144. The summed E-state index contributed by atoms with van der Waals surface area (Å²) in [6.45, 7) is 3.45. The van der Waals surface area contributed by atoms with Crippen LogP contribution in [0.1, 0.15) is 78.1 Å². The van der Waals surface area contributed by atoms with Gasteiger partial charge in [0.1, 0.15) is 24.2 Å². The Kier molecular flexibility index (Phi) is 18.7. The van der Waals surface area contributed by atoms with Gasteiger partial charge in [0.2, 0.25) is 29.5 Å². The van der Waals surface area contributed by atoms with Gasteiger partial charge in [0, 0.05) is 39.2 Å². The largest absolute Gasteiger partial charge is 0.480 e. The van der Waals surface area contributed by atoms with E-state index in [9.17, 15) is 58.5 Å². The quantitative estimate of drug-likeness (QED) is 0.0570. The molecule has 9 N–H and O–H groups in total. The Balaban J connectivity index is 4.86. The fourth-order valence-electron chi connectivity index (χ4n) is 3.67. The zero-order valence-corrected chi connectivity index (χ0v) is 24.6. The zero-order chi connectivity index (χ0) is 33.8. The Hall–Kier alpha value is -4.77. The highest BCUT2D eigenvalue weighted by Gasteiger charge is 2.27. The molecular weight excluding hydrogens is 590 g/mol. The summed E-state index contributed by atoms with van der Waals surface area (Å²) in [5, 5.41) is 48.4. The second-order valence-electron chi connectivity index (χ2n) is 9.82. The summed E-state index contributed by atoms with van der Waals surface area (Å²) in [6.07, 6.45) is -1.47. The van der Waals surface area contributed by atoms with Crippen LogP contribution in [-0.2, 0) is 43.2 Å². The van der Waals surface area contributed by atoms with Gasteiger partial charge in [-0.25, -0.2) is 19.2 Å². The van der Waals surface area contributed by atoms with Gasteiger partial charge in [0.15, 0.2) is 0 Å². The number of aliphatic carboxylic acids is 4. The van der Waals surface area contributed by atoms with E-state index < -0.39 is 104 Å². The van der Waals surface area contributed by atoms with Crippen LogP contribution in [0.25, 0.3) is 0 Å². The Morgan fingerprint density at radius 3 is 1.07 bits per heavy atom. The van der Waals surface area contributed by atoms with Crippen molar-refractivity contribution in [3.63, 3.8) is 0 Å². The van der Waals surface area contributed by atoms with Gasteiger partial charge in [-0.2, -0.15) is 0 Å². The van der Waals surface area contributed by atoms with Crippen molar-refractivity contribution in [2.24, 2.45) is 0 Å². The molecule has 0 radical (unpaired) electrons. The van der Waals surface area contributed by atoms with E-state index in [-0.39, 0.29) is 25.2 Å². The van der Waals surface area contributed by atoms with Crippen molar-refractivity contribution in [1.29, 1.82) is 0 Å². The molecule has 0 heterocycles. The predicted molar refractivity (Wildman–Crippen MR) is 149 cm³/mol. The van der Waals surface area contributed by atoms with Crippen molar-refractivity contribution in [2.45, 2.75) is 102 Å². The number of carbonyl (C=O) groups is 9. The molecule has 0 spiro atoms. The first kappa shape index (κ1) is 39.2. The highest BCUT2D eigenvalue weighted by atomic mass is 16.4. The molecule has 0 aromatic heterocycles. The standard InChI is InChI=1S/C26H41N5O13/c1-3-4-13-27-19(33)9-5-16(24(39)40)29-21(35)11-7-18(26(43)44)31-22(36)12-8-17(25(41)42)30-20(34)10-6-15(23(37)38)28-14(2)32/h15-18H,3-13H2,1-2H3,(H,27,33)(H,28,32)(H,29,35)(H,30,34)(H,31,36)(H,37,38)(H,39,40)(H,41,42)(H,43,44)/t15?,16-,17-,18?/m0/s1. The van der Waals surface area contributed by atoms with Crippen molar-refractivity contribution in [3.8, 4) is 0 Å². The minimum Gasteiger partial charge on any atom is -0.480 e. The first-order chi connectivity index (χ1) is 20.6. The molecule has 0 aliphatic carbocycles. The second kappa shape index (κ2) is 21.0. The third-order valence-electron chi connectivity index (χ3n) is 6.07. The molecule has 0 rings (SSSR count). The molecule has 0 saturated heterocycles. The van der Waals surface area contributed by atoms with Gasteiger partial charge < -0.3 is 47.0 Å². The Morgan fingerprint density at radius 2 is 0.795 bits per heavy atom. The summed E-state index contributed by atoms with van der Waals surface area (Å²) in [4.78, 5) is 105. The molecule has 0 aliphatic heterocycles. The van der Waals surface area contributed by atoms with Crippen LogP contribution in [0.5, 0.6) is 0 Å². The van der Waals surface area contributed by atoms with E-state index in [1.54, 1.807) is 0 Å². The summed E-state index contributed by atoms with van der Waals surface area (Å²) >= 11 is 0. The van der Waals surface area contributed by atoms with Crippen LogP contribution in [0, 0.1) is 0 Å². The molecule has 0 aliphatic rings. The number of rotatable bonds is 23. The van der Waals surface area contributed by atoms with Crippen LogP contribution >= 0.6 is 0 Å². The van der Waals surface area contributed by atoms with Gasteiger partial charge in [-0.3, -0.25) is 24.0 Å². The number of hydrogen-bond acceptors (Lipinski definition) is 9. The van der Waals surface area contributed by atoms with E-state index in [0.29, 0.717) is 6.54 Å². The SMILES string of the molecule is CCCCNC(=O)CC[C@H](NC(=O)CCC(NC(=O)CC[C@H](NC(=O)CCC(NC(C)=O)C(=O)O)C(=O)O)C(=O)O)C(=O)O. The third kappa shape index (κ3) is 17.9. The minimum absolute atomic E-state index is 0.160. The van der Waals surface area contributed by atoms with Crippen molar-refractivity contribution in [1.82, 2.24) is 26.6 Å². The number of nitrogens with one attached hydrogen (secondary N) is 5. The summed E-state index contributed by atoms with van der Waals surface area (Å²) in [5.41, 5.74) is 0. The third-order valence-corrected chi connectivity index (χ3v) is 6.07. The summed E-state index contributed by atoms with van der Waals surface area (Å²) in [5.74, 6) is -9.44. The molecule has 5 amide bonds. The van der Waals surface area contributed by atoms with E-state index in [0.717, 1.165) is 19.8 Å². The van der Waals surface area contributed by atoms with Crippen molar-refractivity contribution >= 4 is 53.4 Å². The number of carbonyl (C=O) groups excluding carboxylic acids is 5. The van der Waals surface area contributed by atoms with E-state index in [2.05, 4.69) is 26.6 Å². The van der Waals surface area contributed by atoms with Crippen LogP contribution in [0.3, 0.4) is 0 Å². The molecule has 44 heavy (non-hydrogen) atoms. The van der Waals surface area contributed by atoms with Gasteiger partial charge in [-0.05, 0) is 32.1 Å². The maximum atomic E-state index is 12.3. The molecule has 0 saturated carbocycles. The first-order valence-electron chi connectivity index (χ1n) is 13.9. The van der Waals surface area contributed by atoms with Gasteiger partial charge in [0.25, 0.3) is 0 Å². The fraction of sp³-hybridized carbons (Fsp3) is 0.654. The van der Waals surface area contributed by atoms with E-state index >= 15 is 0 Å². The molecule has 0 aromatic carbocycles. The number of carboxylic acids is 4. The number of hydrogen-bond donors (Lipinski definition) is 9. The van der Waals surface area contributed by atoms with Crippen LogP contribution in [0.2, 0.25) is 0 Å². The maximum Gasteiger partial charge on any atom is 0.326 e. The first-order valence-corrected chi connectivity index (χ1v) is 13.9. The Labute approximate surface area is 252 Å². The predicted octanol–water partition coefficient (Wildman–Crippen LogP) is -1.68. The Morgan fingerprint density at radius 1 is 0.500 bits per heavy atom. The lowest BCUT2D eigenvalue weighted by atomic mass is 10.1. The average molecular weight is 632 g/mol. The van der Waals surface area contributed by atoms with E-state index in [1.807, 2.05) is 6.92 Å². The van der Waals surface area contributed by atoms with Gasteiger partial charge in [0.05, 0.1) is 0 Å². The minimum atomic E-state index is -1.58. The van der Waals surface area contributed by atoms with Crippen molar-refractivity contribution in [3.05, 3.63) is 0 Å².